The van der Waals surface area contributed by atoms with Gasteiger partial charge in [-0.05, 0) is 44.5 Å². The molecular formula is C21H32F2N2O. The molecule has 0 bridgehead atoms. The molecule has 1 aromatic carbocycles. The Bertz CT molecular complexity index is 596. The van der Waals surface area contributed by atoms with Crippen LogP contribution < -0.4 is 5.32 Å². The van der Waals surface area contributed by atoms with Gasteiger partial charge in [-0.2, -0.15) is 0 Å². The van der Waals surface area contributed by atoms with Gasteiger partial charge in [-0.25, -0.2) is 8.78 Å². The Morgan fingerprint density at radius 1 is 1.31 bits per heavy atom. The summed E-state index contributed by atoms with van der Waals surface area (Å²) in [7, 11) is 1.98. The van der Waals surface area contributed by atoms with Gasteiger partial charge in [0, 0.05) is 37.5 Å². The summed E-state index contributed by atoms with van der Waals surface area (Å²) in [4.78, 5) is 2.37. The zero-order chi connectivity index (χ0) is 18.8. The van der Waals surface area contributed by atoms with Gasteiger partial charge in [0.25, 0.3) is 5.92 Å². The van der Waals surface area contributed by atoms with Crippen LogP contribution in [-0.2, 0) is 5.92 Å². The lowest BCUT2D eigenvalue weighted by Gasteiger charge is -2.41. The van der Waals surface area contributed by atoms with Gasteiger partial charge in [-0.1, -0.05) is 37.5 Å². The molecule has 1 aliphatic carbocycles. The van der Waals surface area contributed by atoms with Crippen LogP contribution in [0.25, 0.3) is 0 Å². The first-order valence-electron chi connectivity index (χ1n) is 9.92. The third-order valence-corrected chi connectivity index (χ3v) is 6.29. The second-order valence-corrected chi connectivity index (χ2v) is 8.26. The first kappa shape index (κ1) is 19.7. The summed E-state index contributed by atoms with van der Waals surface area (Å²) in [6.07, 6.45) is 5.77. The lowest BCUT2D eigenvalue weighted by atomic mass is 9.72. The van der Waals surface area contributed by atoms with Gasteiger partial charge in [-0.3, -0.25) is 0 Å². The molecule has 0 aromatic heterocycles. The standard InChI is InChI=1S/C21H32F2N2O/c1-20(22,23)17-8-6-7-16(13-17)19(21(26)10-4-3-5-11-21)15-25-12-9-18(14-25)24-2/h6-8,13,18-19,24,26H,3-5,9-12,14-15H2,1-2H3/t18-,19?/m0/s1. The van der Waals surface area contributed by atoms with Gasteiger partial charge in [0.05, 0.1) is 5.60 Å². The number of halogens is 2. The summed E-state index contributed by atoms with van der Waals surface area (Å²) in [5.74, 6) is -2.98. The molecule has 1 saturated heterocycles. The van der Waals surface area contributed by atoms with Crippen LogP contribution in [0.15, 0.2) is 24.3 Å². The number of likely N-dealkylation sites (N-methyl/N-ethyl adjacent to an activating group) is 1. The average Bonchev–Trinajstić information content (AvgIpc) is 3.07. The molecular weight excluding hydrogens is 334 g/mol. The zero-order valence-corrected chi connectivity index (χ0v) is 16.0. The van der Waals surface area contributed by atoms with Gasteiger partial charge in [0.2, 0.25) is 0 Å². The minimum Gasteiger partial charge on any atom is -0.389 e. The van der Waals surface area contributed by atoms with E-state index in [4.69, 9.17) is 0 Å². The van der Waals surface area contributed by atoms with E-state index in [1.165, 1.54) is 6.07 Å². The SMILES string of the molecule is CN[C@H]1CCN(CC(c2cccc(C(C)(F)F)c2)C2(O)CCCCC2)C1. The van der Waals surface area contributed by atoms with E-state index in [0.717, 1.165) is 70.6 Å². The Hall–Kier alpha value is -1.04. The van der Waals surface area contributed by atoms with Crippen LogP contribution in [0.5, 0.6) is 0 Å². The van der Waals surface area contributed by atoms with Gasteiger partial charge in [0.1, 0.15) is 0 Å². The zero-order valence-electron chi connectivity index (χ0n) is 16.0. The van der Waals surface area contributed by atoms with E-state index < -0.39 is 11.5 Å². The molecule has 1 saturated carbocycles. The molecule has 2 N–H and O–H groups in total. The monoisotopic (exact) mass is 366 g/mol. The third kappa shape index (κ3) is 4.44. The quantitative estimate of drug-likeness (QED) is 0.802. The summed E-state index contributed by atoms with van der Waals surface area (Å²) in [5.41, 5.74) is 0.0905. The molecule has 1 aliphatic heterocycles. The summed E-state index contributed by atoms with van der Waals surface area (Å²) in [6.45, 7) is 3.61. The van der Waals surface area contributed by atoms with E-state index in [0.29, 0.717) is 6.04 Å². The summed E-state index contributed by atoms with van der Waals surface area (Å²) in [5, 5.41) is 14.8. The number of rotatable bonds is 6. The van der Waals surface area contributed by atoms with Crippen molar-refractivity contribution in [3.05, 3.63) is 35.4 Å². The molecule has 0 radical (unpaired) electrons. The molecule has 2 fully saturated rings. The normalized spacial score (nSPS) is 25.3. The topological polar surface area (TPSA) is 35.5 Å². The van der Waals surface area contributed by atoms with Crippen LogP contribution in [0.3, 0.4) is 0 Å². The molecule has 0 spiro atoms. The van der Waals surface area contributed by atoms with E-state index in [-0.39, 0.29) is 11.5 Å². The Kier molecular flexibility index (Phi) is 6.00. The van der Waals surface area contributed by atoms with Crippen molar-refractivity contribution in [2.45, 2.75) is 68.9 Å². The van der Waals surface area contributed by atoms with Crippen LogP contribution >= 0.6 is 0 Å². The van der Waals surface area contributed by atoms with E-state index in [1.54, 1.807) is 12.1 Å². The van der Waals surface area contributed by atoms with E-state index in [9.17, 15) is 13.9 Å². The largest absolute Gasteiger partial charge is 0.389 e. The van der Waals surface area contributed by atoms with E-state index in [1.807, 2.05) is 13.1 Å². The number of aliphatic hydroxyl groups is 1. The first-order chi connectivity index (χ1) is 12.3. The van der Waals surface area contributed by atoms with E-state index in [2.05, 4.69) is 10.2 Å². The number of hydrogen-bond donors (Lipinski definition) is 2. The molecule has 2 aliphatic rings. The highest BCUT2D eigenvalue weighted by Crippen LogP contribution is 2.42. The van der Waals surface area contributed by atoms with Gasteiger partial charge in [-0.15, -0.1) is 0 Å². The van der Waals surface area contributed by atoms with Crippen molar-refractivity contribution in [2.24, 2.45) is 0 Å². The van der Waals surface area contributed by atoms with Crippen molar-refractivity contribution in [3.8, 4) is 0 Å². The highest BCUT2D eigenvalue weighted by atomic mass is 19.3. The number of likely N-dealkylation sites (tertiary alicyclic amines) is 1. The Labute approximate surface area is 155 Å². The maximum Gasteiger partial charge on any atom is 0.270 e. The fourth-order valence-electron chi connectivity index (χ4n) is 4.62. The lowest BCUT2D eigenvalue weighted by molar-refractivity contribution is -0.0298. The minimum absolute atomic E-state index is 0.0360. The smallest absolute Gasteiger partial charge is 0.270 e. The number of nitrogens with one attached hydrogen (secondary N) is 1. The van der Waals surface area contributed by atoms with Gasteiger partial charge >= 0.3 is 0 Å². The molecule has 1 aromatic rings. The summed E-state index contributed by atoms with van der Waals surface area (Å²) >= 11 is 0. The fraction of sp³-hybridized carbons (Fsp3) is 0.714. The fourth-order valence-corrected chi connectivity index (χ4v) is 4.62. The van der Waals surface area contributed by atoms with Crippen molar-refractivity contribution in [3.63, 3.8) is 0 Å². The van der Waals surface area contributed by atoms with Crippen LogP contribution in [0.4, 0.5) is 8.78 Å². The van der Waals surface area contributed by atoms with Crippen molar-refractivity contribution in [1.82, 2.24) is 10.2 Å². The number of alkyl halides is 2. The number of benzene rings is 1. The molecule has 5 heteroatoms. The average molecular weight is 366 g/mol. The van der Waals surface area contributed by atoms with E-state index >= 15 is 0 Å². The molecule has 146 valence electrons. The molecule has 2 atom stereocenters. The van der Waals surface area contributed by atoms with Crippen molar-refractivity contribution in [2.75, 3.05) is 26.7 Å². The van der Waals surface area contributed by atoms with Crippen molar-refractivity contribution in [1.29, 1.82) is 0 Å². The predicted molar refractivity (Wildman–Crippen MR) is 101 cm³/mol. The Morgan fingerprint density at radius 3 is 2.65 bits per heavy atom. The maximum atomic E-state index is 13.9. The van der Waals surface area contributed by atoms with Crippen LogP contribution in [-0.4, -0.2) is 48.3 Å². The van der Waals surface area contributed by atoms with Gasteiger partial charge in [0.15, 0.2) is 0 Å². The number of nitrogens with zero attached hydrogens (tertiary/aromatic N) is 1. The van der Waals surface area contributed by atoms with Crippen molar-refractivity contribution >= 4 is 0 Å². The molecule has 0 amide bonds. The Morgan fingerprint density at radius 2 is 2.04 bits per heavy atom. The third-order valence-electron chi connectivity index (χ3n) is 6.29. The maximum absolute atomic E-state index is 13.9. The van der Waals surface area contributed by atoms with Gasteiger partial charge < -0.3 is 15.3 Å². The van der Waals surface area contributed by atoms with Crippen LogP contribution in [0, 0.1) is 0 Å². The second-order valence-electron chi connectivity index (χ2n) is 8.26. The first-order valence-corrected chi connectivity index (χ1v) is 9.92. The molecule has 1 heterocycles. The van der Waals surface area contributed by atoms with Crippen LogP contribution in [0.2, 0.25) is 0 Å². The summed E-state index contributed by atoms with van der Waals surface area (Å²) < 4.78 is 27.7. The second kappa shape index (κ2) is 7.91. The Balaban J connectivity index is 1.88. The molecule has 3 nitrogen and oxygen atoms in total. The lowest BCUT2D eigenvalue weighted by Crippen LogP contribution is -2.44. The number of hydrogen-bond acceptors (Lipinski definition) is 3. The molecule has 26 heavy (non-hydrogen) atoms. The highest BCUT2D eigenvalue weighted by Gasteiger charge is 2.41. The molecule has 3 rings (SSSR count). The minimum atomic E-state index is -2.86. The highest BCUT2D eigenvalue weighted by molar-refractivity contribution is 5.31. The van der Waals surface area contributed by atoms with Crippen molar-refractivity contribution < 1.29 is 13.9 Å². The van der Waals surface area contributed by atoms with Crippen LogP contribution in [0.1, 0.15) is 62.5 Å². The predicted octanol–water partition coefficient (Wildman–Crippen LogP) is 3.87. The summed E-state index contributed by atoms with van der Waals surface area (Å²) in [6, 6.07) is 7.20. The molecule has 1 unspecified atom stereocenters.